The van der Waals surface area contributed by atoms with Crippen molar-refractivity contribution < 1.29 is 27.5 Å². The average molecular weight is 369 g/mol. The highest BCUT2D eigenvalue weighted by Crippen LogP contribution is 2.35. The number of ether oxygens (including phenoxy) is 2. The predicted molar refractivity (Wildman–Crippen MR) is 72.7 cm³/mol. The molecule has 0 aliphatic rings. The van der Waals surface area contributed by atoms with Crippen molar-refractivity contribution in [3.8, 4) is 11.5 Å². The van der Waals surface area contributed by atoms with Crippen molar-refractivity contribution in [3.63, 3.8) is 0 Å². The molecule has 0 heterocycles. The maximum atomic E-state index is 12.0. The Balaban J connectivity index is 3.08. The second-order valence-corrected chi connectivity index (χ2v) is 5.95. The molecule has 0 spiro atoms. The van der Waals surface area contributed by atoms with E-state index >= 15 is 0 Å². The Bertz CT molecular complexity index is 604. The summed E-state index contributed by atoms with van der Waals surface area (Å²) in [6.07, 6.45) is 0. The molecular weight excluding hydrogens is 356 g/mol. The summed E-state index contributed by atoms with van der Waals surface area (Å²) >= 11 is 3.11. The van der Waals surface area contributed by atoms with Crippen LogP contribution in [0.25, 0.3) is 0 Å². The standard InChI is InChI=1S/C10H13BrN2O6S/c1-17-7-3-6(11)9(4-8(7)18-2)20(15,16)13-19-5-10(12)14/h3-4,13H,5H2,1-2H3,(H2,12,14). The molecule has 0 unspecified atom stereocenters. The zero-order chi connectivity index (χ0) is 15.3. The molecule has 0 saturated heterocycles. The van der Waals surface area contributed by atoms with E-state index in [1.54, 1.807) is 4.89 Å². The van der Waals surface area contributed by atoms with E-state index in [0.717, 1.165) is 0 Å². The Hall–Kier alpha value is -1.36. The number of methoxy groups -OCH3 is 2. The number of sulfonamides is 1. The van der Waals surface area contributed by atoms with Crippen molar-refractivity contribution in [1.29, 1.82) is 0 Å². The number of nitrogens with one attached hydrogen (secondary N) is 1. The van der Waals surface area contributed by atoms with Gasteiger partial charge in [-0.05, 0) is 22.0 Å². The van der Waals surface area contributed by atoms with Crippen molar-refractivity contribution in [3.05, 3.63) is 16.6 Å². The number of carbonyl (C=O) groups excluding carboxylic acids is 1. The Labute approximate surface area is 124 Å². The summed E-state index contributed by atoms with van der Waals surface area (Å²) in [6.45, 7) is -0.579. The molecule has 1 rings (SSSR count). The molecule has 0 aliphatic heterocycles. The van der Waals surface area contributed by atoms with Crippen LogP contribution in [0.15, 0.2) is 21.5 Å². The number of benzene rings is 1. The molecule has 20 heavy (non-hydrogen) atoms. The minimum atomic E-state index is -4.01. The quantitative estimate of drug-likeness (QED) is 0.662. The van der Waals surface area contributed by atoms with E-state index in [0.29, 0.717) is 5.75 Å². The maximum absolute atomic E-state index is 12.0. The van der Waals surface area contributed by atoms with E-state index in [1.807, 2.05) is 0 Å². The number of hydrogen-bond donors (Lipinski definition) is 2. The Morgan fingerprint density at radius 2 is 1.85 bits per heavy atom. The summed E-state index contributed by atoms with van der Waals surface area (Å²) in [5, 5.41) is 0. The zero-order valence-electron chi connectivity index (χ0n) is 10.7. The third-order valence-electron chi connectivity index (χ3n) is 2.11. The van der Waals surface area contributed by atoms with Crippen LogP contribution in [0.2, 0.25) is 0 Å². The van der Waals surface area contributed by atoms with Crippen molar-refractivity contribution in [1.82, 2.24) is 4.89 Å². The SMILES string of the molecule is COc1cc(Br)c(S(=O)(=O)NOCC(N)=O)cc1OC. The number of halogens is 1. The third-order valence-corrected chi connectivity index (χ3v) is 4.28. The smallest absolute Gasteiger partial charge is 0.263 e. The van der Waals surface area contributed by atoms with Gasteiger partial charge in [0.1, 0.15) is 11.5 Å². The van der Waals surface area contributed by atoms with Crippen molar-refractivity contribution in [2.24, 2.45) is 5.73 Å². The summed E-state index contributed by atoms with van der Waals surface area (Å²) < 4.78 is 34.3. The van der Waals surface area contributed by atoms with Gasteiger partial charge in [-0.2, -0.15) is 0 Å². The highest BCUT2D eigenvalue weighted by molar-refractivity contribution is 9.10. The second kappa shape index (κ2) is 6.88. The average Bonchev–Trinajstić information content (AvgIpc) is 2.37. The van der Waals surface area contributed by atoms with Crippen molar-refractivity contribution in [2.45, 2.75) is 4.90 Å². The first-order valence-corrected chi connectivity index (χ1v) is 7.43. The van der Waals surface area contributed by atoms with Gasteiger partial charge in [0.2, 0.25) is 5.91 Å². The molecule has 3 N–H and O–H groups in total. The number of carbonyl (C=O) groups is 1. The number of nitrogens with two attached hydrogens (primary N) is 1. The number of primary amides is 1. The molecule has 1 amide bonds. The van der Waals surface area contributed by atoms with Gasteiger partial charge < -0.3 is 15.2 Å². The molecule has 1 aromatic rings. The fourth-order valence-electron chi connectivity index (χ4n) is 1.26. The summed E-state index contributed by atoms with van der Waals surface area (Å²) in [4.78, 5) is 16.6. The Morgan fingerprint density at radius 3 is 2.35 bits per heavy atom. The minimum Gasteiger partial charge on any atom is -0.493 e. The molecule has 0 aliphatic carbocycles. The van der Waals surface area contributed by atoms with Crippen LogP contribution in [0.5, 0.6) is 11.5 Å². The first-order valence-electron chi connectivity index (χ1n) is 5.15. The maximum Gasteiger partial charge on any atom is 0.263 e. The van der Waals surface area contributed by atoms with E-state index in [-0.39, 0.29) is 15.1 Å². The third kappa shape index (κ3) is 4.07. The van der Waals surface area contributed by atoms with Gasteiger partial charge >= 0.3 is 0 Å². The lowest BCUT2D eigenvalue weighted by Gasteiger charge is -2.12. The van der Waals surface area contributed by atoms with Crippen LogP contribution in [0.3, 0.4) is 0 Å². The number of rotatable bonds is 7. The van der Waals surface area contributed by atoms with Crippen LogP contribution in [0, 0.1) is 0 Å². The van der Waals surface area contributed by atoms with E-state index in [4.69, 9.17) is 15.2 Å². The van der Waals surface area contributed by atoms with Gasteiger partial charge in [-0.15, -0.1) is 0 Å². The van der Waals surface area contributed by atoms with Gasteiger partial charge in [0.15, 0.2) is 11.5 Å². The lowest BCUT2D eigenvalue weighted by Crippen LogP contribution is -2.29. The summed E-state index contributed by atoms with van der Waals surface area (Å²) in [6, 6.07) is 2.68. The van der Waals surface area contributed by atoms with E-state index in [2.05, 4.69) is 20.8 Å². The van der Waals surface area contributed by atoms with Gasteiger partial charge in [-0.1, -0.05) is 4.89 Å². The Morgan fingerprint density at radius 1 is 1.30 bits per heavy atom. The lowest BCUT2D eigenvalue weighted by molar-refractivity contribution is -0.123. The van der Waals surface area contributed by atoms with Crippen LogP contribution in [0.4, 0.5) is 0 Å². The molecule has 0 fully saturated rings. The van der Waals surface area contributed by atoms with Crippen LogP contribution in [-0.4, -0.2) is 35.2 Å². The molecule has 8 nitrogen and oxygen atoms in total. The largest absolute Gasteiger partial charge is 0.493 e. The molecule has 0 saturated carbocycles. The summed E-state index contributed by atoms with van der Waals surface area (Å²) in [5.74, 6) is -0.221. The molecule has 10 heteroatoms. The molecule has 112 valence electrons. The first-order chi connectivity index (χ1) is 9.31. The fraction of sp³-hybridized carbons (Fsp3) is 0.300. The lowest BCUT2D eigenvalue weighted by atomic mass is 10.3. The van der Waals surface area contributed by atoms with Crippen LogP contribution in [0.1, 0.15) is 0 Å². The summed E-state index contributed by atoms with van der Waals surface area (Å²) in [5.41, 5.74) is 4.83. The highest BCUT2D eigenvalue weighted by atomic mass is 79.9. The molecule has 0 atom stereocenters. The predicted octanol–water partition coefficient (Wildman–Crippen LogP) is 0.161. The van der Waals surface area contributed by atoms with Gasteiger partial charge in [0.05, 0.1) is 14.2 Å². The molecular formula is C10H13BrN2O6S. The van der Waals surface area contributed by atoms with Crippen molar-refractivity contribution in [2.75, 3.05) is 20.8 Å². The fourth-order valence-corrected chi connectivity index (χ4v) is 3.11. The molecule has 0 aromatic heterocycles. The van der Waals surface area contributed by atoms with Gasteiger partial charge in [0, 0.05) is 10.5 Å². The number of hydrogen-bond acceptors (Lipinski definition) is 6. The van der Waals surface area contributed by atoms with Crippen LogP contribution >= 0.6 is 15.9 Å². The van der Waals surface area contributed by atoms with Gasteiger partial charge in [-0.3, -0.25) is 9.63 Å². The van der Waals surface area contributed by atoms with E-state index < -0.39 is 22.5 Å². The van der Waals surface area contributed by atoms with Gasteiger partial charge in [-0.25, -0.2) is 8.42 Å². The highest BCUT2D eigenvalue weighted by Gasteiger charge is 2.21. The van der Waals surface area contributed by atoms with Crippen LogP contribution in [-0.2, 0) is 19.7 Å². The van der Waals surface area contributed by atoms with E-state index in [1.165, 1.54) is 26.4 Å². The second-order valence-electron chi connectivity index (χ2n) is 3.48. The van der Waals surface area contributed by atoms with Crippen LogP contribution < -0.4 is 20.1 Å². The normalized spacial score (nSPS) is 11.2. The zero-order valence-corrected chi connectivity index (χ0v) is 13.1. The first kappa shape index (κ1) is 16.7. The van der Waals surface area contributed by atoms with Crippen molar-refractivity contribution >= 4 is 31.9 Å². The summed E-state index contributed by atoms with van der Waals surface area (Å²) in [7, 11) is -1.21. The topological polar surface area (TPSA) is 117 Å². The van der Waals surface area contributed by atoms with Gasteiger partial charge in [0.25, 0.3) is 10.0 Å². The molecule has 1 aromatic carbocycles. The monoisotopic (exact) mass is 368 g/mol. The van der Waals surface area contributed by atoms with E-state index in [9.17, 15) is 13.2 Å². The molecule has 0 bridgehead atoms. The minimum absolute atomic E-state index is 0.139. The Kier molecular flexibility index (Phi) is 5.74. The molecule has 0 radical (unpaired) electrons. The number of amides is 1.